The smallest absolute Gasteiger partial charge is 0.335 e. The molecule has 4 amide bonds. The van der Waals surface area contributed by atoms with Crippen LogP contribution in [0.25, 0.3) is 0 Å². The maximum absolute atomic E-state index is 13.2. The number of carboxylic acid groups (broad SMARTS) is 4. The van der Waals surface area contributed by atoms with Crippen molar-refractivity contribution in [3.8, 4) is 0 Å². The van der Waals surface area contributed by atoms with E-state index in [4.69, 9.17) is 71.1 Å². The van der Waals surface area contributed by atoms with E-state index in [9.17, 15) is 151 Å². The lowest BCUT2D eigenvalue weighted by Gasteiger charge is -2.51. The molecule has 3 unspecified atom stereocenters. The molecule has 8 saturated heterocycles. The van der Waals surface area contributed by atoms with Gasteiger partial charge in [-0.1, -0.05) is 0 Å². The molecule has 8 rings (SSSR count). The maximum atomic E-state index is 13.2. The second kappa shape index (κ2) is 35.9. The molecule has 105 heavy (non-hydrogen) atoms. The summed E-state index contributed by atoms with van der Waals surface area (Å²) < 4.78 is 84.5. The highest BCUT2D eigenvalue weighted by Crippen LogP contribution is 2.39. The Balaban J connectivity index is 1.01. The summed E-state index contributed by atoms with van der Waals surface area (Å²) >= 11 is 0. The molecular weight excluding hydrogens is 1450 g/mol. The highest BCUT2D eigenvalue weighted by molar-refractivity contribution is 5.76. The van der Waals surface area contributed by atoms with Gasteiger partial charge in [0.1, 0.15) is 171 Å². The lowest BCUT2D eigenvalue weighted by Crippen LogP contribution is -2.71. The molecule has 8 fully saturated rings. The van der Waals surface area contributed by atoms with E-state index in [0.29, 0.717) is 0 Å². The maximum Gasteiger partial charge on any atom is 0.335 e. The van der Waals surface area contributed by atoms with Gasteiger partial charge >= 0.3 is 23.9 Å². The molecule has 0 aromatic heterocycles. The van der Waals surface area contributed by atoms with Gasteiger partial charge in [-0.15, -0.1) is 0 Å². The van der Waals surface area contributed by atoms with Crippen molar-refractivity contribution in [2.45, 2.75) is 273 Å². The van der Waals surface area contributed by atoms with Crippen LogP contribution in [-0.2, 0) is 109 Å². The summed E-state index contributed by atoms with van der Waals surface area (Å²) in [4.78, 5) is 102. The topological polar surface area (TPSA) is 768 Å². The first-order valence-electron chi connectivity index (χ1n) is 32.1. The minimum atomic E-state index is -2.65. The number of amides is 4. The van der Waals surface area contributed by atoms with Crippen molar-refractivity contribution in [3.63, 3.8) is 0 Å². The number of nitrogens with one attached hydrogen (secondary N) is 4. The number of aliphatic carboxylic acids is 4. The monoisotopic (exact) mass is 1530 g/mol. The minimum absolute atomic E-state index is 0.832. The number of carboxylic acids is 4. The molecule has 8 heterocycles. The number of ether oxygens (including phenoxy) is 15. The van der Waals surface area contributed by atoms with Crippen LogP contribution in [0.15, 0.2) is 0 Å². The van der Waals surface area contributed by atoms with Crippen molar-refractivity contribution in [1.82, 2.24) is 21.3 Å². The van der Waals surface area contributed by atoms with E-state index in [2.05, 4.69) is 21.3 Å². The molecular formula is C56H86N4O45. The van der Waals surface area contributed by atoms with Crippen molar-refractivity contribution < 1.29 is 222 Å². The molecule has 40 atom stereocenters. The molecule has 49 nitrogen and oxygen atoms in total. The summed E-state index contributed by atoms with van der Waals surface area (Å²) in [5, 5.41) is 249. The van der Waals surface area contributed by atoms with Crippen LogP contribution in [0.3, 0.4) is 0 Å². The van der Waals surface area contributed by atoms with E-state index in [1.165, 1.54) is 0 Å². The first-order valence-corrected chi connectivity index (χ1v) is 32.1. The Labute approximate surface area is 588 Å². The van der Waals surface area contributed by atoms with Crippen LogP contribution >= 0.6 is 0 Å². The van der Waals surface area contributed by atoms with Crippen LogP contribution in [0, 0.1) is 0 Å². The third-order valence-electron chi connectivity index (χ3n) is 18.1. The number of rotatable bonds is 26. The molecule has 26 N–H and O–H groups in total. The molecule has 8 aliphatic heterocycles. The summed E-state index contributed by atoms with van der Waals surface area (Å²) in [6, 6.07) is -7.92. The first kappa shape index (κ1) is 85.1. The molecule has 49 heteroatoms. The van der Waals surface area contributed by atoms with Crippen LogP contribution in [0.2, 0.25) is 0 Å². The zero-order chi connectivity index (χ0) is 78.0. The summed E-state index contributed by atoms with van der Waals surface area (Å²) in [5.74, 6) is -12.0. The average Bonchev–Trinajstić information content (AvgIpc) is 0.836. The van der Waals surface area contributed by atoms with Crippen molar-refractivity contribution in [2.24, 2.45) is 0 Å². The summed E-state index contributed by atoms with van der Waals surface area (Å²) in [6.07, 6.45) is -82.8. The van der Waals surface area contributed by atoms with E-state index in [1.54, 1.807) is 0 Å². The Morgan fingerprint density at radius 1 is 0.257 bits per heavy atom. The molecule has 0 aromatic carbocycles. The number of carbonyl (C=O) groups excluding carboxylic acids is 4. The number of hydrogen-bond donors (Lipinski definition) is 26. The fraction of sp³-hybridized carbons (Fsp3) is 0.857. The van der Waals surface area contributed by atoms with E-state index in [1.807, 2.05) is 0 Å². The van der Waals surface area contributed by atoms with E-state index >= 15 is 0 Å². The minimum Gasteiger partial charge on any atom is -0.479 e. The normalized spacial score (nSPS) is 46.8. The molecule has 0 aliphatic carbocycles. The molecule has 0 saturated carbocycles. The van der Waals surface area contributed by atoms with Crippen molar-refractivity contribution in [2.75, 3.05) is 26.4 Å². The van der Waals surface area contributed by atoms with Gasteiger partial charge in [0, 0.05) is 27.7 Å². The van der Waals surface area contributed by atoms with Gasteiger partial charge < -0.3 is 205 Å². The zero-order valence-corrected chi connectivity index (χ0v) is 55.2. The van der Waals surface area contributed by atoms with Crippen LogP contribution < -0.4 is 21.3 Å². The van der Waals surface area contributed by atoms with E-state index in [0.717, 1.165) is 27.7 Å². The second-order valence-electron chi connectivity index (χ2n) is 25.5. The van der Waals surface area contributed by atoms with E-state index in [-0.39, 0.29) is 0 Å². The van der Waals surface area contributed by atoms with Gasteiger partial charge in [-0.05, 0) is 0 Å². The van der Waals surface area contributed by atoms with Crippen molar-refractivity contribution in [1.29, 1.82) is 0 Å². The van der Waals surface area contributed by atoms with Gasteiger partial charge in [0.05, 0.1) is 26.4 Å². The Morgan fingerprint density at radius 3 is 0.724 bits per heavy atom. The van der Waals surface area contributed by atoms with Crippen LogP contribution in [0.5, 0.6) is 0 Å². The lowest BCUT2D eigenvalue weighted by atomic mass is 9.93. The third-order valence-corrected chi connectivity index (χ3v) is 18.1. The van der Waals surface area contributed by atoms with Gasteiger partial charge in [0.25, 0.3) is 0 Å². The van der Waals surface area contributed by atoms with E-state index < -0.39 is 319 Å². The lowest BCUT2D eigenvalue weighted by molar-refractivity contribution is -0.380. The average molecular weight is 1540 g/mol. The highest BCUT2D eigenvalue weighted by Gasteiger charge is 2.62. The molecule has 0 spiro atoms. The number of aliphatic hydroxyl groups is 18. The summed E-state index contributed by atoms with van der Waals surface area (Å²) in [5.41, 5.74) is 0. The van der Waals surface area contributed by atoms with Gasteiger partial charge in [-0.3, -0.25) is 19.2 Å². The quantitative estimate of drug-likeness (QED) is 0.0382. The molecule has 0 aromatic rings. The fourth-order valence-electron chi connectivity index (χ4n) is 13.0. The Bertz CT molecular complexity index is 2990. The largest absolute Gasteiger partial charge is 0.479 e. The van der Waals surface area contributed by atoms with Crippen LogP contribution in [0.4, 0.5) is 0 Å². The van der Waals surface area contributed by atoms with Gasteiger partial charge in [0.2, 0.25) is 23.6 Å². The van der Waals surface area contributed by atoms with Crippen LogP contribution in [0.1, 0.15) is 27.7 Å². The molecule has 8 aliphatic rings. The molecule has 0 radical (unpaired) electrons. The zero-order valence-electron chi connectivity index (χ0n) is 55.2. The highest BCUT2D eigenvalue weighted by atomic mass is 16.8. The fourth-order valence-corrected chi connectivity index (χ4v) is 13.0. The molecule has 0 bridgehead atoms. The van der Waals surface area contributed by atoms with Crippen LogP contribution in [-0.4, -0.2) is 432 Å². The van der Waals surface area contributed by atoms with Crippen molar-refractivity contribution >= 4 is 47.5 Å². The first-order chi connectivity index (χ1) is 49.3. The standard InChI is InChI=1S/C56H86N4O45/c1-9(65)57-17-34(21(69)13(5-61)91-49(17)90)95-54-31(79)27(75)38(42(103-54)46(84)85)99-51-19(59-11(3)67)36(23(71)15(7-63)93-51)97-56-33(81)29(77)40(44(105-56)48(88)89)101-52-20(60-12(4)68)37(24(72)16(8-64)94-52)98-55-32(80)28(76)39(43(104-55)47(86)87)100-50-18(58-10(2)66)35(22(70)14(6-62)92-50)96-53-30(78)25(73)26(74)41(102-53)45(82)83/h13-44,49-56,61-64,69-81,90H,5-8H2,1-4H3,(H,57,65)(H,58,66)(H,59,67)(H,60,68)(H,82,83)(H,84,85)(H,86,87)(H,88,89)/t13-,14+,15-,16+,17+,18-,19+,20-,21-,22+,23-,24+,25+,26-,27+,28-,29+,30-,31+,32-,33+,34-,35-,36-,37-,38-,39-,40-,41-,42?,43-,44-,49?,50-,51?,52-,53+,54+,55+,56+/m1/s1. The second-order valence-corrected chi connectivity index (χ2v) is 25.5. The summed E-state index contributed by atoms with van der Waals surface area (Å²) in [6.45, 7) is -1.06. The number of hydrogen-bond acceptors (Lipinski definition) is 41. The number of carbonyl (C=O) groups is 8. The predicted molar refractivity (Wildman–Crippen MR) is 313 cm³/mol. The Kier molecular flexibility index (Phi) is 29.0. The van der Waals surface area contributed by atoms with Gasteiger partial charge in [0.15, 0.2) is 74.7 Å². The molecule has 600 valence electrons. The van der Waals surface area contributed by atoms with Gasteiger partial charge in [-0.2, -0.15) is 0 Å². The Hall–Kier alpha value is -5.56. The van der Waals surface area contributed by atoms with Gasteiger partial charge in [-0.25, -0.2) is 19.2 Å². The predicted octanol–water partition coefficient (Wildman–Crippen LogP) is -17.5. The Morgan fingerprint density at radius 2 is 0.476 bits per heavy atom. The number of aliphatic hydroxyl groups excluding tert-OH is 18. The third kappa shape index (κ3) is 18.5. The summed E-state index contributed by atoms with van der Waals surface area (Å²) in [7, 11) is 0. The SMILES string of the molecule is CC(=O)N[C@H]1[C@@H](O[C@@H]2[C@H](O)[C@@H](O)[C@@H](O[C@H]3[C@@H](O)[C@H](CO)O[C@H](O[C@@H]4[C@@H](O)[C@H](O)[C@@H](O[C@H]5[C@H](O)[C@@H](CO)OC(O[C@H]6C(C(=O)O)O[C@H](O[C@H]7[C@H](O)[C@@H](CO)OC(O)[C@H]7NC(C)=O)[C@@H](O)[C@@H]6O)[C@H]5NC(C)=O)O[C@H]4C(=O)O)[C@@H]3NC(C)=O)O[C@H]2C(=O)O)O[C@@H](CO)[C@H](O)[C@@H]1O[C@H]1O[C@@H](C(=O)O)[C@H](O)[C@H](O)[C@H]1O. The van der Waals surface area contributed by atoms with Crippen molar-refractivity contribution in [3.05, 3.63) is 0 Å².